The zero-order valence-electron chi connectivity index (χ0n) is 8.71. The molecule has 1 aromatic heterocycles. The molecule has 0 bridgehead atoms. The van der Waals surface area contributed by atoms with Crippen LogP contribution in [0.25, 0.3) is 0 Å². The largest absolute Gasteiger partial charge is 0.379 e. The SMILES string of the molecule is N#Cc1csc(CNc2ccc(Cl)cc2I)c1. The zero-order chi connectivity index (χ0) is 12.3. The van der Waals surface area contributed by atoms with E-state index in [1.54, 1.807) is 11.3 Å². The normalized spacial score (nSPS) is 9.94. The third kappa shape index (κ3) is 3.35. The molecule has 0 unspecified atom stereocenters. The van der Waals surface area contributed by atoms with E-state index >= 15 is 0 Å². The number of rotatable bonds is 3. The molecule has 17 heavy (non-hydrogen) atoms. The van der Waals surface area contributed by atoms with E-state index in [1.807, 2.05) is 29.6 Å². The highest BCUT2D eigenvalue weighted by Crippen LogP contribution is 2.23. The van der Waals surface area contributed by atoms with Gasteiger partial charge in [-0.15, -0.1) is 11.3 Å². The summed E-state index contributed by atoms with van der Waals surface area (Å²) in [6.07, 6.45) is 0. The molecule has 1 aromatic carbocycles. The third-order valence-electron chi connectivity index (χ3n) is 2.17. The predicted molar refractivity (Wildman–Crippen MR) is 80.5 cm³/mol. The van der Waals surface area contributed by atoms with Crippen molar-refractivity contribution in [1.29, 1.82) is 5.26 Å². The van der Waals surface area contributed by atoms with Crippen LogP contribution in [-0.4, -0.2) is 0 Å². The fourth-order valence-electron chi connectivity index (χ4n) is 1.35. The molecule has 0 saturated heterocycles. The van der Waals surface area contributed by atoms with Crippen molar-refractivity contribution in [2.45, 2.75) is 6.54 Å². The number of anilines is 1. The molecule has 5 heteroatoms. The topological polar surface area (TPSA) is 35.8 Å². The second kappa shape index (κ2) is 5.71. The van der Waals surface area contributed by atoms with E-state index < -0.39 is 0 Å². The highest BCUT2D eigenvalue weighted by atomic mass is 127. The maximum absolute atomic E-state index is 8.73. The van der Waals surface area contributed by atoms with E-state index in [1.165, 1.54) is 0 Å². The Balaban J connectivity index is 2.05. The van der Waals surface area contributed by atoms with Gasteiger partial charge in [0.05, 0.1) is 5.56 Å². The molecular weight excluding hydrogens is 367 g/mol. The van der Waals surface area contributed by atoms with Crippen LogP contribution < -0.4 is 5.32 Å². The Kier molecular flexibility index (Phi) is 4.26. The molecule has 0 fully saturated rings. The number of nitriles is 1. The van der Waals surface area contributed by atoms with E-state index in [0.29, 0.717) is 0 Å². The smallest absolute Gasteiger partial charge is 0.100 e. The molecule has 1 N–H and O–H groups in total. The molecule has 0 saturated carbocycles. The van der Waals surface area contributed by atoms with Crippen molar-refractivity contribution in [2.75, 3.05) is 5.32 Å². The molecule has 0 spiro atoms. The standard InChI is InChI=1S/C12H8ClIN2S/c13-9-1-2-12(11(14)4-9)16-6-10-3-8(5-15)7-17-10/h1-4,7,16H,6H2. The molecule has 0 amide bonds. The first-order valence-corrected chi connectivity index (χ1v) is 7.19. The van der Waals surface area contributed by atoms with Gasteiger partial charge >= 0.3 is 0 Å². The van der Waals surface area contributed by atoms with Crippen LogP contribution in [0.5, 0.6) is 0 Å². The molecule has 0 aliphatic heterocycles. The summed E-state index contributed by atoms with van der Waals surface area (Å²) in [7, 11) is 0. The summed E-state index contributed by atoms with van der Waals surface area (Å²) >= 11 is 9.72. The van der Waals surface area contributed by atoms with E-state index in [4.69, 9.17) is 16.9 Å². The summed E-state index contributed by atoms with van der Waals surface area (Å²) in [6, 6.07) is 9.77. The number of nitrogens with one attached hydrogen (secondary N) is 1. The number of halogens is 2. The average molecular weight is 375 g/mol. The first-order valence-electron chi connectivity index (χ1n) is 4.85. The van der Waals surface area contributed by atoms with Gasteiger partial charge in [0.1, 0.15) is 6.07 Å². The van der Waals surface area contributed by atoms with Gasteiger partial charge in [-0.05, 0) is 46.9 Å². The molecule has 2 nitrogen and oxygen atoms in total. The molecule has 86 valence electrons. The maximum atomic E-state index is 8.73. The Morgan fingerprint density at radius 1 is 1.41 bits per heavy atom. The van der Waals surface area contributed by atoms with Crippen molar-refractivity contribution in [2.24, 2.45) is 0 Å². The summed E-state index contributed by atoms with van der Waals surface area (Å²) in [4.78, 5) is 1.15. The number of benzene rings is 1. The Bertz CT molecular complexity index is 574. The van der Waals surface area contributed by atoms with Gasteiger partial charge in [-0.2, -0.15) is 5.26 Å². The van der Waals surface area contributed by atoms with Crippen LogP contribution in [0.3, 0.4) is 0 Å². The molecule has 2 aromatic rings. The van der Waals surface area contributed by atoms with E-state index in [9.17, 15) is 0 Å². The van der Waals surface area contributed by atoms with Crippen LogP contribution in [0, 0.1) is 14.9 Å². The summed E-state index contributed by atoms with van der Waals surface area (Å²) in [5, 5.41) is 14.7. The van der Waals surface area contributed by atoms with E-state index in [0.717, 1.165) is 31.3 Å². The van der Waals surface area contributed by atoms with E-state index in [2.05, 4.69) is 34.0 Å². The average Bonchev–Trinajstić information content (AvgIpc) is 2.76. The van der Waals surface area contributed by atoms with Crippen molar-refractivity contribution < 1.29 is 0 Å². The summed E-state index contributed by atoms with van der Waals surface area (Å²) in [6.45, 7) is 0.726. The quantitative estimate of drug-likeness (QED) is 0.804. The minimum atomic E-state index is 0.720. The molecule has 1 heterocycles. The van der Waals surface area contributed by atoms with Crippen molar-refractivity contribution in [3.63, 3.8) is 0 Å². The Labute approximate surface area is 122 Å². The lowest BCUT2D eigenvalue weighted by Crippen LogP contribution is -1.99. The van der Waals surface area contributed by atoms with Crippen LogP contribution in [0.15, 0.2) is 29.6 Å². The minimum absolute atomic E-state index is 0.720. The Morgan fingerprint density at radius 2 is 2.24 bits per heavy atom. The van der Waals surface area contributed by atoms with Crippen LogP contribution >= 0.6 is 45.5 Å². The first kappa shape index (κ1) is 12.7. The van der Waals surface area contributed by atoms with Gasteiger partial charge in [0.2, 0.25) is 0 Å². The molecule has 0 radical (unpaired) electrons. The van der Waals surface area contributed by atoms with Crippen LogP contribution in [0.2, 0.25) is 5.02 Å². The fraction of sp³-hybridized carbons (Fsp3) is 0.0833. The Morgan fingerprint density at radius 3 is 2.88 bits per heavy atom. The highest BCUT2D eigenvalue weighted by Gasteiger charge is 2.02. The molecular formula is C12H8ClIN2S. The lowest BCUT2D eigenvalue weighted by Gasteiger charge is -2.07. The maximum Gasteiger partial charge on any atom is 0.100 e. The van der Waals surface area contributed by atoms with Gasteiger partial charge in [0, 0.05) is 31.1 Å². The zero-order valence-corrected chi connectivity index (χ0v) is 12.4. The number of hydrogen-bond donors (Lipinski definition) is 1. The van der Waals surface area contributed by atoms with E-state index in [-0.39, 0.29) is 0 Å². The van der Waals surface area contributed by atoms with Crippen molar-refractivity contribution in [1.82, 2.24) is 0 Å². The number of nitrogens with zero attached hydrogens (tertiary/aromatic N) is 1. The summed E-state index contributed by atoms with van der Waals surface area (Å²) in [5.74, 6) is 0. The lowest BCUT2D eigenvalue weighted by atomic mass is 10.3. The van der Waals surface area contributed by atoms with Gasteiger partial charge in [-0.1, -0.05) is 11.6 Å². The number of hydrogen-bond acceptors (Lipinski definition) is 3. The molecule has 0 aliphatic carbocycles. The van der Waals surface area contributed by atoms with Gasteiger partial charge in [0.25, 0.3) is 0 Å². The summed E-state index contributed by atoms with van der Waals surface area (Å²) in [5.41, 5.74) is 1.78. The van der Waals surface area contributed by atoms with Gasteiger partial charge in [-0.3, -0.25) is 0 Å². The molecule has 2 rings (SSSR count). The molecule has 0 aliphatic rings. The van der Waals surface area contributed by atoms with Crippen LogP contribution in [0.4, 0.5) is 5.69 Å². The lowest BCUT2D eigenvalue weighted by molar-refractivity contribution is 1.19. The second-order valence-electron chi connectivity index (χ2n) is 3.39. The summed E-state index contributed by atoms with van der Waals surface area (Å²) < 4.78 is 1.09. The van der Waals surface area contributed by atoms with Crippen molar-refractivity contribution >= 4 is 51.2 Å². The first-order chi connectivity index (χ1) is 8.19. The number of thiophene rings is 1. The van der Waals surface area contributed by atoms with Gasteiger partial charge < -0.3 is 5.32 Å². The predicted octanol–water partition coefficient (Wildman–Crippen LogP) is 4.49. The monoisotopic (exact) mass is 374 g/mol. The third-order valence-corrected chi connectivity index (χ3v) is 4.23. The molecule has 0 atom stereocenters. The van der Waals surface area contributed by atoms with Crippen LogP contribution in [-0.2, 0) is 6.54 Å². The fourth-order valence-corrected chi connectivity index (χ4v) is 3.16. The van der Waals surface area contributed by atoms with Gasteiger partial charge in [0.15, 0.2) is 0 Å². The Hall–Kier alpha value is -0.770. The van der Waals surface area contributed by atoms with Gasteiger partial charge in [-0.25, -0.2) is 0 Å². The minimum Gasteiger partial charge on any atom is -0.379 e. The van der Waals surface area contributed by atoms with Crippen molar-refractivity contribution in [3.05, 3.63) is 48.7 Å². The highest BCUT2D eigenvalue weighted by molar-refractivity contribution is 14.1. The second-order valence-corrected chi connectivity index (χ2v) is 5.99. The van der Waals surface area contributed by atoms with Crippen molar-refractivity contribution in [3.8, 4) is 6.07 Å². The van der Waals surface area contributed by atoms with Crippen LogP contribution in [0.1, 0.15) is 10.4 Å².